The van der Waals surface area contributed by atoms with Crippen molar-refractivity contribution >= 4 is 28.4 Å². The molecule has 0 bridgehead atoms. The SMILES string of the molecule is CCCN(C(=O)c1ccccc1)C(C)c1nc2ccc(Cl)cc2c(=O)n1CC. The summed E-state index contributed by atoms with van der Waals surface area (Å²) in [5.41, 5.74) is 1.07. The minimum Gasteiger partial charge on any atom is -0.329 e. The van der Waals surface area contributed by atoms with Gasteiger partial charge in [-0.25, -0.2) is 4.98 Å². The summed E-state index contributed by atoms with van der Waals surface area (Å²) < 4.78 is 1.63. The van der Waals surface area contributed by atoms with Crippen molar-refractivity contribution in [1.29, 1.82) is 0 Å². The zero-order valence-corrected chi connectivity index (χ0v) is 17.1. The first-order valence-corrected chi connectivity index (χ1v) is 9.91. The van der Waals surface area contributed by atoms with E-state index in [9.17, 15) is 9.59 Å². The van der Waals surface area contributed by atoms with Crippen molar-refractivity contribution in [3.05, 3.63) is 75.3 Å². The summed E-state index contributed by atoms with van der Waals surface area (Å²) in [5.74, 6) is 0.517. The van der Waals surface area contributed by atoms with E-state index in [2.05, 4.69) is 0 Å². The van der Waals surface area contributed by atoms with E-state index >= 15 is 0 Å². The summed E-state index contributed by atoms with van der Waals surface area (Å²) in [6, 6.07) is 14.0. The Labute approximate surface area is 169 Å². The molecule has 28 heavy (non-hydrogen) atoms. The maximum Gasteiger partial charge on any atom is 0.261 e. The number of carbonyl (C=O) groups is 1. The third kappa shape index (κ3) is 3.80. The first kappa shape index (κ1) is 20.1. The molecule has 146 valence electrons. The zero-order chi connectivity index (χ0) is 20.3. The summed E-state index contributed by atoms with van der Waals surface area (Å²) in [7, 11) is 0. The van der Waals surface area contributed by atoms with Gasteiger partial charge in [-0.2, -0.15) is 0 Å². The van der Waals surface area contributed by atoms with Gasteiger partial charge in [0, 0.05) is 23.7 Å². The molecule has 1 aromatic heterocycles. The number of aromatic nitrogens is 2. The number of carbonyl (C=O) groups excluding carboxylic acids is 1. The number of benzene rings is 2. The first-order chi connectivity index (χ1) is 13.5. The summed E-state index contributed by atoms with van der Waals surface area (Å²) >= 11 is 6.06. The van der Waals surface area contributed by atoms with Gasteiger partial charge < -0.3 is 4.90 Å². The molecule has 0 aliphatic rings. The number of hydrogen-bond donors (Lipinski definition) is 0. The van der Waals surface area contributed by atoms with E-state index in [-0.39, 0.29) is 17.5 Å². The molecule has 0 fully saturated rings. The van der Waals surface area contributed by atoms with Gasteiger partial charge in [0.2, 0.25) is 0 Å². The van der Waals surface area contributed by atoms with E-state index < -0.39 is 0 Å². The lowest BCUT2D eigenvalue weighted by Crippen LogP contribution is -2.38. The van der Waals surface area contributed by atoms with Crippen molar-refractivity contribution < 1.29 is 4.79 Å². The Kier molecular flexibility index (Phi) is 6.15. The van der Waals surface area contributed by atoms with Crippen molar-refractivity contribution in [1.82, 2.24) is 14.5 Å². The Hall–Kier alpha value is -2.66. The molecule has 3 aromatic rings. The van der Waals surface area contributed by atoms with Crippen LogP contribution in [-0.4, -0.2) is 26.9 Å². The van der Waals surface area contributed by atoms with E-state index in [0.717, 1.165) is 6.42 Å². The number of halogens is 1. The van der Waals surface area contributed by atoms with Gasteiger partial charge in [0.25, 0.3) is 11.5 Å². The van der Waals surface area contributed by atoms with Gasteiger partial charge in [0.1, 0.15) is 5.82 Å². The van der Waals surface area contributed by atoms with Crippen LogP contribution in [0.3, 0.4) is 0 Å². The molecule has 1 amide bonds. The number of hydrogen-bond acceptors (Lipinski definition) is 3. The van der Waals surface area contributed by atoms with Crippen LogP contribution in [0, 0.1) is 0 Å². The fourth-order valence-corrected chi connectivity index (χ4v) is 3.60. The average Bonchev–Trinajstić information content (AvgIpc) is 2.72. The van der Waals surface area contributed by atoms with Gasteiger partial charge in [-0.3, -0.25) is 14.2 Å². The number of fused-ring (bicyclic) bond motifs is 1. The fourth-order valence-electron chi connectivity index (χ4n) is 3.43. The third-order valence-corrected chi connectivity index (χ3v) is 5.08. The largest absolute Gasteiger partial charge is 0.329 e. The van der Waals surface area contributed by atoms with Crippen LogP contribution in [-0.2, 0) is 6.54 Å². The number of rotatable bonds is 6. The zero-order valence-electron chi connectivity index (χ0n) is 16.4. The lowest BCUT2D eigenvalue weighted by molar-refractivity contribution is 0.0679. The van der Waals surface area contributed by atoms with Gasteiger partial charge in [-0.1, -0.05) is 36.7 Å². The van der Waals surface area contributed by atoms with Crippen LogP contribution in [0.1, 0.15) is 49.4 Å². The van der Waals surface area contributed by atoms with Gasteiger partial charge in [0.15, 0.2) is 0 Å². The highest BCUT2D eigenvalue weighted by molar-refractivity contribution is 6.31. The number of nitrogens with zero attached hydrogens (tertiary/aromatic N) is 3. The van der Waals surface area contributed by atoms with Crippen LogP contribution in [0.15, 0.2) is 53.3 Å². The molecule has 0 aliphatic carbocycles. The third-order valence-electron chi connectivity index (χ3n) is 4.85. The monoisotopic (exact) mass is 397 g/mol. The Morgan fingerprint density at radius 1 is 1.18 bits per heavy atom. The summed E-state index contributed by atoms with van der Waals surface area (Å²) in [6.45, 7) is 6.90. The Balaban J connectivity index is 2.11. The van der Waals surface area contributed by atoms with E-state index in [1.165, 1.54) is 0 Å². The molecular weight excluding hydrogens is 374 g/mol. The molecule has 3 rings (SSSR count). The molecular formula is C22H24ClN3O2. The minimum atomic E-state index is -0.347. The Bertz CT molecular complexity index is 1050. The molecule has 0 aliphatic heterocycles. The Morgan fingerprint density at radius 3 is 2.54 bits per heavy atom. The molecule has 0 spiro atoms. The summed E-state index contributed by atoms with van der Waals surface area (Å²) in [4.78, 5) is 32.7. The molecule has 2 aromatic carbocycles. The molecule has 0 radical (unpaired) electrons. The molecule has 1 atom stereocenters. The van der Waals surface area contributed by atoms with Crippen molar-refractivity contribution in [3.63, 3.8) is 0 Å². The van der Waals surface area contributed by atoms with E-state index in [4.69, 9.17) is 16.6 Å². The van der Waals surface area contributed by atoms with Gasteiger partial charge in [-0.05, 0) is 50.6 Å². The summed E-state index contributed by atoms with van der Waals surface area (Å²) in [5, 5.41) is 0.989. The lowest BCUT2D eigenvalue weighted by Gasteiger charge is -2.30. The topological polar surface area (TPSA) is 55.2 Å². The highest BCUT2D eigenvalue weighted by atomic mass is 35.5. The van der Waals surface area contributed by atoms with Gasteiger partial charge >= 0.3 is 0 Å². The van der Waals surface area contributed by atoms with Gasteiger partial charge in [0.05, 0.1) is 16.9 Å². The fraction of sp³-hybridized carbons (Fsp3) is 0.318. The van der Waals surface area contributed by atoms with Crippen LogP contribution in [0.25, 0.3) is 10.9 Å². The Morgan fingerprint density at radius 2 is 1.89 bits per heavy atom. The van der Waals surface area contributed by atoms with E-state index in [0.29, 0.717) is 40.4 Å². The van der Waals surface area contributed by atoms with Crippen LogP contribution in [0.4, 0.5) is 0 Å². The second-order valence-corrected chi connectivity index (χ2v) is 7.16. The van der Waals surface area contributed by atoms with Crippen molar-refractivity contribution in [2.24, 2.45) is 0 Å². The maximum atomic E-state index is 13.1. The van der Waals surface area contributed by atoms with Crippen LogP contribution >= 0.6 is 11.6 Å². The van der Waals surface area contributed by atoms with Crippen LogP contribution in [0.2, 0.25) is 5.02 Å². The number of amides is 1. The maximum absolute atomic E-state index is 13.1. The lowest BCUT2D eigenvalue weighted by atomic mass is 10.1. The van der Waals surface area contributed by atoms with Crippen LogP contribution < -0.4 is 5.56 Å². The molecule has 0 saturated carbocycles. The van der Waals surface area contributed by atoms with Crippen molar-refractivity contribution in [3.8, 4) is 0 Å². The molecule has 0 saturated heterocycles. The highest BCUT2D eigenvalue weighted by Gasteiger charge is 2.26. The van der Waals surface area contributed by atoms with Crippen molar-refractivity contribution in [2.75, 3.05) is 6.54 Å². The molecule has 0 N–H and O–H groups in total. The first-order valence-electron chi connectivity index (χ1n) is 9.53. The minimum absolute atomic E-state index is 0.0666. The predicted octanol–water partition coefficient (Wildman–Crippen LogP) is 4.68. The normalized spacial score (nSPS) is 12.1. The van der Waals surface area contributed by atoms with E-state index in [1.54, 1.807) is 39.8 Å². The average molecular weight is 398 g/mol. The highest BCUT2D eigenvalue weighted by Crippen LogP contribution is 2.23. The second-order valence-electron chi connectivity index (χ2n) is 6.72. The summed E-state index contributed by atoms with van der Waals surface area (Å²) in [6.07, 6.45) is 0.808. The van der Waals surface area contributed by atoms with Crippen LogP contribution in [0.5, 0.6) is 0 Å². The smallest absolute Gasteiger partial charge is 0.261 e. The predicted molar refractivity (Wildman–Crippen MR) is 113 cm³/mol. The standard InChI is InChI=1S/C22H24ClN3O2/c1-4-13-26(21(27)16-9-7-6-8-10-16)15(3)20-24-19-12-11-17(23)14-18(19)22(28)25(20)5-2/h6-12,14-15H,4-5,13H2,1-3H3. The molecule has 1 unspecified atom stereocenters. The molecule has 1 heterocycles. The van der Waals surface area contributed by atoms with Gasteiger partial charge in [-0.15, -0.1) is 0 Å². The van der Waals surface area contributed by atoms with Crippen molar-refractivity contribution in [2.45, 2.75) is 39.8 Å². The second kappa shape index (κ2) is 8.57. The quantitative estimate of drug-likeness (QED) is 0.606. The molecule has 5 nitrogen and oxygen atoms in total. The molecule has 6 heteroatoms. The van der Waals surface area contributed by atoms with E-state index in [1.807, 2.05) is 39.0 Å².